The van der Waals surface area contributed by atoms with Crippen LogP contribution in [0.5, 0.6) is 0 Å². The third-order valence-corrected chi connectivity index (χ3v) is 2.50. The highest BCUT2D eigenvalue weighted by molar-refractivity contribution is 5.94. The van der Waals surface area contributed by atoms with Crippen LogP contribution in [-0.4, -0.2) is 25.2 Å². The first-order valence-electron chi connectivity index (χ1n) is 6.03. The Morgan fingerprint density at radius 2 is 2.00 bits per heavy atom. The number of anilines is 1. The van der Waals surface area contributed by atoms with Gasteiger partial charge < -0.3 is 10.6 Å². The van der Waals surface area contributed by atoms with Crippen LogP contribution in [0, 0.1) is 6.92 Å². The molecule has 2 N–H and O–H groups in total. The van der Waals surface area contributed by atoms with Crippen molar-refractivity contribution in [1.29, 1.82) is 0 Å². The lowest BCUT2D eigenvalue weighted by molar-refractivity contribution is -0.123. The SMILES string of the molecule is CCCNc1ccc(C(=O)NCC(F)(F)F)cc1C. The summed E-state index contributed by atoms with van der Waals surface area (Å²) in [5.41, 5.74) is 1.94. The molecule has 0 bridgehead atoms. The summed E-state index contributed by atoms with van der Waals surface area (Å²) in [6, 6.07) is 4.79. The van der Waals surface area contributed by atoms with Gasteiger partial charge in [-0.25, -0.2) is 0 Å². The quantitative estimate of drug-likeness (QED) is 0.866. The highest BCUT2D eigenvalue weighted by atomic mass is 19.4. The summed E-state index contributed by atoms with van der Waals surface area (Å²) in [5, 5.41) is 5.02. The van der Waals surface area contributed by atoms with Crippen LogP contribution in [0.3, 0.4) is 0 Å². The molecule has 1 amide bonds. The fourth-order valence-corrected chi connectivity index (χ4v) is 1.55. The largest absolute Gasteiger partial charge is 0.405 e. The van der Waals surface area contributed by atoms with E-state index in [-0.39, 0.29) is 5.56 Å². The van der Waals surface area contributed by atoms with Gasteiger partial charge in [-0.3, -0.25) is 4.79 Å². The molecule has 0 unspecified atom stereocenters. The van der Waals surface area contributed by atoms with Crippen molar-refractivity contribution in [3.63, 3.8) is 0 Å². The van der Waals surface area contributed by atoms with Crippen LogP contribution in [0.1, 0.15) is 29.3 Å². The smallest absolute Gasteiger partial charge is 0.385 e. The first-order valence-corrected chi connectivity index (χ1v) is 6.03. The lowest BCUT2D eigenvalue weighted by Crippen LogP contribution is -2.33. The van der Waals surface area contributed by atoms with E-state index in [1.165, 1.54) is 6.07 Å². The maximum absolute atomic E-state index is 12.0. The van der Waals surface area contributed by atoms with Gasteiger partial charge in [-0.2, -0.15) is 13.2 Å². The van der Waals surface area contributed by atoms with E-state index in [9.17, 15) is 18.0 Å². The van der Waals surface area contributed by atoms with Gasteiger partial charge in [0.05, 0.1) is 0 Å². The summed E-state index contributed by atoms with van der Waals surface area (Å²) in [7, 11) is 0. The van der Waals surface area contributed by atoms with Gasteiger partial charge in [-0.15, -0.1) is 0 Å². The number of hydrogen-bond donors (Lipinski definition) is 2. The molecule has 0 aliphatic rings. The third-order valence-electron chi connectivity index (χ3n) is 2.50. The van der Waals surface area contributed by atoms with Crippen LogP contribution in [0.4, 0.5) is 18.9 Å². The van der Waals surface area contributed by atoms with E-state index in [4.69, 9.17) is 0 Å². The van der Waals surface area contributed by atoms with Crippen molar-refractivity contribution >= 4 is 11.6 Å². The molecule has 0 fully saturated rings. The summed E-state index contributed by atoms with van der Waals surface area (Å²) >= 11 is 0. The first-order chi connectivity index (χ1) is 8.83. The van der Waals surface area contributed by atoms with Crippen molar-refractivity contribution in [3.8, 4) is 0 Å². The Bertz CT molecular complexity index is 444. The number of halogens is 3. The van der Waals surface area contributed by atoms with Gasteiger partial charge in [0.2, 0.25) is 0 Å². The zero-order valence-electron chi connectivity index (χ0n) is 10.9. The molecule has 106 valence electrons. The highest BCUT2D eigenvalue weighted by Gasteiger charge is 2.27. The Morgan fingerprint density at radius 1 is 1.32 bits per heavy atom. The van der Waals surface area contributed by atoms with E-state index in [2.05, 4.69) is 5.32 Å². The lowest BCUT2D eigenvalue weighted by Gasteiger charge is -2.11. The number of carbonyl (C=O) groups is 1. The highest BCUT2D eigenvalue weighted by Crippen LogP contribution is 2.17. The monoisotopic (exact) mass is 274 g/mol. The van der Waals surface area contributed by atoms with Gasteiger partial charge in [0, 0.05) is 17.8 Å². The van der Waals surface area contributed by atoms with Gasteiger partial charge in [-0.05, 0) is 37.1 Å². The maximum atomic E-state index is 12.0. The summed E-state index contributed by atoms with van der Waals surface area (Å²) < 4.78 is 36.0. The molecule has 0 aliphatic heterocycles. The van der Waals surface area contributed by atoms with E-state index in [0.29, 0.717) is 0 Å². The average molecular weight is 274 g/mol. The van der Waals surface area contributed by atoms with Crippen LogP contribution in [0.25, 0.3) is 0 Å². The fourth-order valence-electron chi connectivity index (χ4n) is 1.55. The number of aryl methyl sites for hydroxylation is 1. The van der Waals surface area contributed by atoms with E-state index < -0.39 is 18.6 Å². The number of rotatable bonds is 5. The molecule has 0 spiro atoms. The third kappa shape index (κ3) is 5.19. The molecular weight excluding hydrogens is 257 g/mol. The summed E-state index contributed by atoms with van der Waals surface area (Å²) in [4.78, 5) is 11.5. The Hall–Kier alpha value is -1.72. The second-order valence-electron chi connectivity index (χ2n) is 4.25. The molecule has 0 aliphatic carbocycles. The Balaban J connectivity index is 2.69. The van der Waals surface area contributed by atoms with E-state index in [1.807, 2.05) is 12.2 Å². The van der Waals surface area contributed by atoms with Crippen LogP contribution < -0.4 is 10.6 Å². The van der Waals surface area contributed by atoms with E-state index in [0.717, 1.165) is 24.2 Å². The number of carbonyl (C=O) groups excluding carboxylic acids is 1. The number of amides is 1. The lowest BCUT2D eigenvalue weighted by atomic mass is 10.1. The van der Waals surface area contributed by atoms with Gasteiger partial charge >= 0.3 is 6.18 Å². The van der Waals surface area contributed by atoms with Gasteiger partial charge in [0.25, 0.3) is 5.91 Å². The Morgan fingerprint density at radius 3 is 2.53 bits per heavy atom. The topological polar surface area (TPSA) is 41.1 Å². The predicted molar refractivity (Wildman–Crippen MR) is 68.3 cm³/mol. The molecule has 19 heavy (non-hydrogen) atoms. The molecule has 0 heterocycles. The van der Waals surface area contributed by atoms with Crippen molar-refractivity contribution in [3.05, 3.63) is 29.3 Å². The molecular formula is C13H17F3N2O. The number of alkyl halides is 3. The molecule has 6 heteroatoms. The molecule has 0 saturated carbocycles. The molecule has 0 saturated heterocycles. The number of benzene rings is 1. The molecule has 0 atom stereocenters. The van der Waals surface area contributed by atoms with Gasteiger partial charge in [0.15, 0.2) is 0 Å². The van der Waals surface area contributed by atoms with Crippen LogP contribution in [0.15, 0.2) is 18.2 Å². The molecule has 1 aromatic rings. The van der Waals surface area contributed by atoms with Crippen molar-refractivity contribution in [2.75, 3.05) is 18.4 Å². The van der Waals surface area contributed by atoms with Gasteiger partial charge in [0.1, 0.15) is 6.54 Å². The minimum atomic E-state index is -4.40. The second kappa shape index (κ2) is 6.45. The molecule has 0 aromatic heterocycles. The summed E-state index contributed by atoms with van der Waals surface area (Å²) in [6.07, 6.45) is -3.43. The minimum Gasteiger partial charge on any atom is -0.385 e. The molecule has 1 aromatic carbocycles. The molecule has 1 rings (SSSR count). The van der Waals surface area contributed by atoms with E-state index >= 15 is 0 Å². The van der Waals surface area contributed by atoms with Crippen LogP contribution in [-0.2, 0) is 0 Å². The second-order valence-corrected chi connectivity index (χ2v) is 4.25. The molecule has 3 nitrogen and oxygen atoms in total. The predicted octanol–water partition coefficient (Wildman–Crippen LogP) is 3.11. The van der Waals surface area contributed by atoms with Crippen LogP contribution in [0.2, 0.25) is 0 Å². The average Bonchev–Trinajstić information content (AvgIpc) is 2.33. The normalized spacial score (nSPS) is 11.2. The Labute approximate surface area is 110 Å². The minimum absolute atomic E-state index is 0.226. The van der Waals surface area contributed by atoms with Crippen molar-refractivity contribution in [2.45, 2.75) is 26.4 Å². The van der Waals surface area contributed by atoms with Crippen molar-refractivity contribution in [2.24, 2.45) is 0 Å². The first kappa shape index (κ1) is 15.3. The maximum Gasteiger partial charge on any atom is 0.405 e. The number of nitrogens with one attached hydrogen (secondary N) is 2. The summed E-state index contributed by atoms with van der Waals surface area (Å²) in [5.74, 6) is -0.720. The standard InChI is InChI=1S/C13H17F3N2O/c1-3-6-17-11-5-4-10(7-9(11)2)12(19)18-8-13(14,15)16/h4-5,7,17H,3,6,8H2,1-2H3,(H,18,19). The number of hydrogen-bond acceptors (Lipinski definition) is 2. The van der Waals surface area contributed by atoms with Crippen molar-refractivity contribution in [1.82, 2.24) is 5.32 Å². The van der Waals surface area contributed by atoms with Crippen LogP contribution >= 0.6 is 0 Å². The fraction of sp³-hybridized carbons (Fsp3) is 0.462. The zero-order valence-corrected chi connectivity index (χ0v) is 10.9. The van der Waals surface area contributed by atoms with Crippen molar-refractivity contribution < 1.29 is 18.0 Å². The molecule has 0 radical (unpaired) electrons. The van der Waals surface area contributed by atoms with E-state index in [1.54, 1.807) is 19.1 Å². The Kier molecular flexibility index (Phi) is 5.20. The summed E-state index contributed by atoms with van der Waals surface area (Å²) in [6.45, 7) is 3.32. The van der Waals surface area contributed by atoms with Gasteiger partial charge in [-0.1, -0.05) is 6.92 Å². The zero-order chi connectivity index (χ0) is 14.5.